The van der Waals surface area contributed by atoms with Crippen LogP contribution in [0.5, 0.6) is 0 Å². The zero-order valence-corrected chi connectivity index (χ0v) is 13.1. The van der Waals surface area contributed by atoms with Crippen LogP contribution in [0.25, 0.3) is 10.8 Å². The van der Waals surface area contributed by atoms with E-state index in [1.54, 1.807) is 24.3 Å². The number of imide groups is 1. The summed E-state index contributed by atoms with van der Waals surface area (Å²) in [6.45, 7) is 0. The summed E-state index contributed by atoms with van der Waals surface area (Å²) >= 11 is 0. The first-order valence-electron chi connectivity index (χ1n) is 7.94. The lowest BCUT2D eigenvalue weighted by atomic mass is 10.0. The van der Waals surface area contributed by atoms with E-state index in [-0.39, 0.29) is 17.9 Å². The van der Waals surface area contributed by atoms with Crippen molar-refractivity contribution in [1.82, 2.24) is 0 Å². The van der Waals surface area contributed by atoms with E-state index in [9.17, 15) is 19.7 Å². The summed E-state index contributed by atoms with van der Waals surface area (Å²) in [5, 5.41) is 12.1. The van der Waals surface area contributed by atoms with Crippen LogP contribution >= 0.6 is 0 Å². The highest BCUT2D eigenvalue weighted by Crippen LogP contribution is 2.36. The Morgan fingerprint density at radius 2 is 1.56 bits per heavy atom. The molecule has 2 aromatic carbocycles. The van der Waals surface area contributed by atoms with Crippen molar-refractivity contribution in [2.45, 2.75) is 25.0 Å². The molecule has 0 aliphatic carbocycles. The Morgan fingerprint density at radius 1 is 0.960 bits per heavy atom. The average Bonchev–Trinajstić information content (AvgIpc) is 3.02. The van der Waals surface area contributed by atoms with Crippen LogP contribution < -0.4 is 4.90 Å². The van der Waals surface area contributed by atoms with Crippen molar-refractivity contribution < 1.29 is 19.2 Å². The monoisotopic (exact) mass is 338 g/mol. The van der Waals surface area contributed by atoms with E-state index in [1.807, 2.05) is 0 Å². The van der Waals surface area contributed by atoms with Crippen molar-refractivity contribution in [2.75, 3.05) is 4.90 Å². The summed E-state index contributed by atoms with van der Waals surface area (Å²) in [6, 6.07) is 9.44. The topological polar surface area (TPSA) is 89.8 Å². The van der Waals surface area contributed by atoms with E-state index in [0.29, 0.717) is 29.3 Å². The predicted molar refractivity (Wildman–Crippen MR) is 89.6 cm³/mol. The zero-order chi connectivity index (χ0) is 17.6. The molecule has 4 rings (SSSR count). The first kappa shape index (κ1) is 15.7. The van der Waals surface area contributed by atoms with Gasteiger partial charge in [0, 0.05) is 11.5 Å². The number of ether oxygens (including phenoxy) is 1. The number of carbonyl (C=O) groups is 2. The number of non-ortho nitro benzene ring substituents is 1. The van der Waals surface area contributed by atoms with Crippen LogP contribution in [-0.2, 0) is 14.3 Å². The third-order valence-corrected chi connectivity index (χ3v) is 4.50. The largest absolute Gasteiger partial charge is 0.373 e. The Kier molecular flexibility index (Phi) is 3.73. The van der Waals surface area contributed by atoms with E-state index in [2.05, 4.69) is 0 Å². The summed E-state index contributed by atoms with van der Waals surface area (Å²) < 4.78 is 5.60. The molecule has 2 radical (unpaired) electrons. The summed E-state index contributed by atoms with van der Waals surface area (Å²) in [6.07, 6.45) is 3.56. The summed E-state index contributed by atoms with van der Waals surface area (Å²) in [5.74, 6) is -0.962. The van der Waals surface area contributed by atoms with Crippen molar-refractivity contribution in [2.24, 2.45) is 0 Å². The number of nitro groups is 1. The number of hydrogen-bond donors (Lipinski definition) is 0. The van der Waals surface area contributed by atoms with Gasteiger partial charge in [0.1, 0.15) is 0 Å². The van der Waals surface area contributed by atoms with Crippen LogP contribution in [0.1, 0.15) is 12.8 Å². The number of carbonyl (C=O) groups excluding carboxylic acids is 2. The summed E-state index contributed by atoms with van der Waals surface area (Å²) in [4.78, 5) is 37.1. The fourth-order valence-electron chi connectivity index (χ4n) is 3.37. The van der Waals surface area contributed by atoms with Gasteiger partial charge in [0.25, 0.3) is 5.69 Å². The number of benzene rings is 2. The van der Waals surface area contributed by atoms with Crippen LogP contribution in [0, 0.1) is 23.0 Å². The molecule has 7 heteroatoms. The molecule has 2 unspecified atom stereocenters. The third kappa shape index (κ3) is 2.66. The quantitative estimate of drug-likeness (QED) is 0.477. The van der Waals surface area contributed by atoms with E-state index in [4.69, 9.17) is 4.74 Å². The fourth-order valence-corrected chi connectivity index (χ4v) is 3.37. The van der Waals surface area contributed by atoms with E-state index in [1.165, 1.54) is 25.0 Å². The lowest BCUT2D eigenvalue weighted by molar-refractivity contribution is -0.383. The molecule has 7 nitrogen and oxygen atoms in total. The van der Waals surface area contributed by atoms with Crippen LogP contribution in [0.3, 0.4) is 0 Å². The number of nitro benzene ring substituents is 1. The Balaban J connectivity index is 1.85. The molecule has 2 aliphatic heterocycles. The molecule has 2 saturated heterocycles. The molecule has 0 N–H and O–H groups in total. The maximum absolute atomic E-state index is 12.6. The van der Waals surface area contributed by atoms with E-state index >= 15 is 0 Å². The van der Waals surface area contributed by atoms with Gasteiger partial charge in [0.05, 0.1) is 41.0 Å². The van der Waals surface area contributed by atoms with Crippen LogP contribution in [0.15, 0.2) is 36.4 Å². The second-order valence-electron chi connectivity index (χ2n) is 6.04. The van der Waals surface area contributed by atoms with Crippen LogP contribution in [0.2, 0.25) is 0 Å². The highest BCUT2D eigenvalue weighted by molar-refractivity contribution is 6.24. The number of amides is 2. The summed E-state index contributed by atoms with van der Waals surface area (Å²) in [5.41, 5.74) is 0.271. The van der Waals surface area contributed by atoms with Crippen LogP contribution in [0.4, 0.5) is 11.4 Å². The Labute approximate surface area is 143 Å². The van der Waals surface area contributed by atoms with Crippen molar-refractivity contribution in [3.05, 3.63) is 59.4 Å². The number of hydrogen-bond acceptors (Lipinski definition) is 5. The number of fused-ring (bicyclic) bond motifs is 3. The second-order valence-corrected chi connectivity index (χ2v) is 6.04. The van der Waals surface area contributed by atoms with Gasteiger partial charge < -0.3 is 4.74 Å². The second kappa shape index (κ2) is 5.93. The van der Waals surface area contributed by atoms with Crippen molar-refractivity contribution >= 4 is 34.0 Å². The average molecular weight is 338 g/mol. The first-order valence-corrected chi connectivity index (χ1v) is 7.94. The number of anilines is 1. The molecule has 0 aromatic heterocycles. The Hall–Kier alpha value is -2.80. The zero-order valence-electron chi connectivity index (χ0n) is 13.1. The fraction of sp³-hybridized carbons (Fsp3) is 0.222. The maximum atomic E-state index is 12.6. The lowest BCUT2D eigenvalue weighted by Gasteiger charge is -2.26. The van der Waals surface area contributed by atoms with Gasteiger partial charge in [0.15, 0.2) is 0 Å². The standard InChI is InChI=1S/C18H14N2O5/c21-17-9-11-5-6-12(25-11)10-18(22)19(17)15-7-8-16(20(23)24)14-4-2-1-3-13(14)15/h1-4,7-12H,5-6H2. The van der Waals surface area contributed by atoms with Crippen molar-refractivity contribution in [1.29, 1.82) is 0 Å². The van der Waals surface area contributed by atoms with Crippen LogP contribution in [-0.4, -0.2) is 28.9 Å². The minimum absolute atomic E-state index is 0.0670. The van der Waals surface area contributed by atoms with E-state index < -0.39 is 16.7 Å². The molecule has 2 heterocycles. The molecule has 25 heavy (non-hydrogen) atoms. The Bertz CT molecular complexity index is 870. The van der Waals surface area contributed by atoms with Gasteiger partial charge in [-0.2, -0.15) is 0 Å². The van der Waals surface area contributed by atoms with Gasteiger partial charge >= 0.3 is 0 Å². The first-order chi connectivity index (χ1) is 12.0. The smallest absolute Gasteiger partial charge is 0.277 e. The van der Waals surface area contributed by atoms with E-state index in [0.717, 1.165) is 4.90 Å². The van der Waals surface area contributed by atoms with Gasteiger partial charge in [-0.1, -0.05) is 18.2 Å². The number of nitrogens with zero attached hydrogens (tertiary/aromatic N) is 2. The summed E-state index contributed by atoms with van der Waals surface area (Å²) in [7, 11) is 0. The minimum Gasteiger partial charge on any atom is -0.373 e. The lowest BCUT2D eigenvalue weighted by Crippen LogP contribution is -2.42. The molecule has 2 amide bonds. The molecule has 2 fully saturated rings. The SMILES string of the molecule is O=C1[CH]C2CCC([CH]C(=O)N1c1ccc([N+](=O)[O-])c3ccccc13)O2. The molecule has 0 saturated carbocycles. The number of rotatable bonds is 2. The molecule has 0 spiro atoms. The normalized spacial score (nSPS) is 23.6. The van der Waals surface area contributed by atoms with Crippen molar-refractivity contribution in [3.63, 3.8) is 0 Å². The molecule has 2 aliphatic rings. The van der Waals surface area contributed by atoms with Gasteiger partial charge in [-0.15, -0.1) is 0 Å². The highest BCUT2D eigenvalue weighted by atomic mass is 16.6. The highest BCUT2D eigenvalue weighted by Gasteiger charge is 2.38. The molecule has 126 valence electrons. The van der Waals surface area contributed by atoms with Gasteiger partial charge in [-0.3, -0.25) is 19.7 Å². The van der Waals surface area contributed by atoms with Gasteiger partial charge in [0.2, 0.25) is 11.8 Å². The van der Waals surface area contributed by atoms with Gasteiger partial charge in [-0.05, 0) is 25.0 Å². The molecular weight excluding hydrogens is 324 g/mol. The predicted octanol–water partition coefficient (Wildman–Crippen LogP) is 2.58. The molecule has 2 atom stereocenters. The minimum atomic E-state index is -0.481. The Morgan fingerprint density at radius 3 is 2.16 bits per heavy atom. The molecule has 2 aromatic rings. The molecule has 2 bridgehead atoms. The third-order valence-electron chi connectivity index (χ3n) is 4.50. The molecular formula is C18H14N2O5. The maximum Gasteiger partial charge on any atom is 0.277 e. The van der Waals surface area contributed by atoms with Gasteiger partial charge in [-0.25, -0.2) is 4.90 Å². The van der Waals surface area contributed by atoms with Crippen molar-refractivity contribution in [3.8, 4) is 0 Å².